The molecule has 6 nitrogen and oxygen atoms in total. The number of hydrogen-bond donors (Lipinski definition) is 0. The van der Waals surface area contributed by atoms with Crippen molar-refractivity contribution in [1.29, 1.82) is 0 Å². The van der Waals surface area contributed by atoms with E-state index in [1.807, 2.05) is 22.8 Å². The Kier molecular flexibility index (Phi) is 7.86. The number of hydrogen-bond acceptors (Lipinski definition) is 5. The van der Waals surface area contributed by atoms with Gasteiger partial charge >= 0.3 is 0 Å². The maximum Gasteiger partial charge on any atom is 0.227 e. The van der Waals surface area contributed by atoms with E-state index in [-0.39, 0.29) is 10.9 Å². The van der Waals surface area contributed by atoms with Crippen LogP contribution in [0.2, 0.25) is 0 Å². The fourth-order valence-electron chi connectivity index (χ4n) is 4.00. The van der Waals surface area contributed by atoms with Gasteiger partial charge in [-0.3, -0.25) is 4.90 Å². The van der Waals surface area contributed by atoms with Crippen LogP contribution in [0.4, 0.5) is 0 Å². The van der Waals surface area contributed by atoms with Gasteiger partial charge in [0.15, 0.2) is 0 Å². The minimum Gasteiger partial charge on any atom is -0.384 e. The highest BCUT2D eigenvalue weighted by atomic mass is 32.2. The second-order valence-electron chi connectivity index (χ2n) is 7.85. The number of sulfone groups is 1. The Morgan fingerprint density at radius 1 is 1.17 bits per heavy atom. The number of ether oxygens (including phenoxy) is 1. The van der Waals surface area contributed by atoms with E-state index in [9.17, 15) is 8.42 Å². The molecule has 29 heavy (non-hydrogen) atoms. The molecule has 1 aromatic heterocycles. The number of piperidine rings is 1. The highest BCUT2D eigenvalue weighted by molar-refractivity contribution is 7.91. The van der Waals surface area contributed by atoms with Crippen LogP contribution in [0.5, 0.6) is 0 Å². The third-order valence-electron chi connectivity index (χ3n) is 5.74. The molecule has 0 spiro atoms. The number of aryl methyl sites for hydroxylation is 1. The maximum atomic E-state index is 12.6. The van der Waals surface area contributed by atoms with E-state index in [1.54, 1.807) is 20.2 Å². The zero-order chi connectivity index (χ0) is 20.7. The maximum absolute atomic E-state index is 12.6. The summed E-state index contributed by atoms with van der Waals surface area (Å²) < 4.78 is 32.4. The van der Waals surface area contributed by atoms with Crippen LogP contribution in [-0.2, 0) is 34.1 Å². The first-order valence-electron chi connectivity index (χ1n) is 10.6. The van der Waals surface area contributed by atoms with Crippen molar-refractivity contribution in [2.24, 2.45) is 5.92 Å². The molecular weight excluding hydrogens is 386 g/mol. The van der Waals surface area contributed by atoms with Gasteiger partial charge in [-0.15, -0.1) is 0 Å². The average molecular weight is 420 g/mol. The molecular formula is C22H33N3O3S. The number of nitrogens with zero attached hydrogens (tertiary/aromatic N) is 3. The topological polar surface area (TPSA) is 64.4 Å². The van der Waals surface area contributed by atoms with Crippen LogP contribution in [0, 0.1) is 5.92 Å². The third-order valence-corrected chi connectivity index (χ3v) is 7.39. The zero-order valence-electron chi connectivity index (χ0n) is 17.6. The van der Waals surface area contributed by atoms with Gasteiger partial charge in [-0.05, 0) is 50.3 Å². The van der Waals surface area contributed by atoms with Gasteiger partial charge < -0.3 is 9.30 Å². The number of aromatic nitrogens is 2. The molecule has 7 heteroatoms. The molecule has 0 radical (unpaired) electrons. The summed E-state index contributed by atoms with van der Waals surface area (Å²) in [5.41, 5.74) is 2.27. The van der Waals surface area contributed by atoms with Crippen LogP contribution in [0.1, 0.15) is 37.4 Å². The molecule has 2 aromatic rings. The predicted molar refractivity (Wildman–Crippen MR) is 115 cm³/mol. The minimum atomic E-state index is -3.34. The first kappa shape index (κ1) is 22.0. The molecule has 1 aliphatic heterocycles. The predicted octanol–water partition coefficient (Wildman–Crippen LogP) is 3.17. The molecule has 2 heterocycles. The molecule has 0 saturated carbocycles. The normalized spacial score (nSPS) is 16.3. The Bertz CT molecular complexity index is 857. The van der Waals surface area contributed by atoms with Crippen LogP contribution in [0.15, 0.2) is 41.7 Å². The lowest BCUT2D eigenvalue weighted by Crippen LogP contribution is -2.35. The molecule has 0 atom stereocenters. The van der Waals surface area contributed by atoms with Crippen molar-refractivity contribution in [2.75, 3.05) is 32.6 Å². The molecule has 0 amide bonds. The zero-order valence-corrected chi connectivity index (χ0v) is 18.4. The number of methoxy groups -OCH3 is 1. The Morgan fingerprint density at radius 3 is 2.55 bits per heavy atom. The first-order chi connectivity index (χ1) is 14.0. The van der Waals surface area contributed by atoms with Gasteiger partial charge in [-0.25, -0.2) is 13.4 Å². The van der Waals surface area contributed by atoms with Gasteiger partial charge in [0.05, 0.1) is 17.6 Å². The largest absolute Gasteiger partial charge is 0.384 e. The van der Waals surface area contributed by atoms with Crippen molar-refractivity contribution in [3.05, 3.63) is 47.8 Å². The van der Waals surface area contributed by atoms with E-state index in [0.717, 1.165) is 57.6 Å². The van der Waals surface area contributed by atoms with E-state index >= 15 is 0 Å². The molecule has 0 aliphatic carbocycles. The van der Waals surface area contributed by atoms with Gasteiger partial charge in [0.25, 0.3) is 0 Å². The van der Waals surface area contributed by atoms with Crippen molar-refractivity contribution in [2.45, 2.75) is 50.9 Å². The molecule has 3 rings (SSSR count). The Morgan fingerprint density at radius 2 is 1.90 bits per heavy atom. The molecule has 160 valence electrons. The third kappa shape index (κ3) is 5.90. The minimum absolute atomic E-state index is 0.0740. The summed E-state index contributed by atoms with van der Waals surface area (Å²) in [4.78, 5) is 6.72. The van der Waals surface area contributed by atoms with Gasteiger partial charge in [0.1, 0.15) is 0 Å². The van der Waals surface area contributed by atoms with E-state index in [4.69, 9.17) is 4.74 Å². The van der Waals surface area contributed by atoms with E-state index in [0.29, 0.717) is 12.5 Å². The van der Waals surface area contributed by atoms with Gasteiger partial charge in [-0.2, -0.15) is 0 Å². The van der Waals surface area contributed by atoms with Crippen LogP contribution >= 0.6 is 0 Å². The SMILES string of the molecule is CCS(=O)(=O)c1ncc(CN2CCC(COC)CC2)n1CCCc1ccccc1. The van der Waals surface area contributed by atoms with Gasteiger partial charge in [0, 0.05) is 26.8 Å². The highest BCUT2D eigenvalue weighted by Gasteiger charge is 2.24. The lowest BCUT2D eigenvalue weighted by atomic mass is 9.98. The first-order valence-corrected chi connectivity index (χ1v) is 12.2. The lowest BCUT2D eigenvalue weighted by molar-refractivity contribution is 0.0957. The smallest absolute Gasteiger partial charge is 0.227 e. The molecule has 0 unspecified atom stereocenters. The quantitative estimate of drug-likeness (QED) is 0.592. The average Bonchev–Trinajstić information content (AvgIpc) is 3.14. The summed E-state index contributed by atoms with van der Waals surface area (Å²) >= 11 is 0. The summed E-state index contributed by atoms with van der Waals surface area (Å²) in [5, 5.41) is 0.220. The van der Waals surface area contributed by atoms with Crippen LogP contribution in [-0.4, -0.2) is 55.4 Å². The van der Waals surface area contributed by atoms with E-state index < -0.39 is 9.84 Å². The molecule has 1 fully saturated rings. The van der Waals surface area contributed by atoms with E-state index in [2.05, 4.69) is 22.0 Å². The number of imidazole rings is 1. The summed E-state index contributed by atoms with van der Waals surface area (Å²) in [7, 11) is -1.58. The fraction of sp³-hybridized carbons (Fsp3) is 0.591. The highest BCUT2D eigenvalue weighted by Crippen LogP contribution is 2.21. The monoisotopic (exact) mass is 419 g/mol. The molecule has 1 saturated heterocycles. The van der Waals surface area contributed by atoms with Crippen molar-refractivity contribution < 1.29 is 13.2 Å². The van der Waals surface area contributed by atoms with Gasteiger partial charge in [-0.1, -0.05) is 37.3 Å². The Labute approximate surface area is 174 Å². The second kappa shape index (κ2) is 10.4. The van der Waals surface area contributed by atoms with Crippen LogP contribution < -0.4 is 0 Å². The van der Waals surface area contributed by atoms with Gasteiger partial charge in [0.2, 0.25) is 15.0 Å². The summed E-state index contributed by atoms with van der Waals surface area (Å²) in [6, 6.07) is 10.3. The van der Waals surface area contributed by atoms with Crippen molar-refractivity contribution in [3.63, 3.8) is 0 Å². The molecule has 0 bridgehead atoms. The summed E-state index contributed by atoms with van der Waals surface area (Å²) in [6.07, 6.45) is 5.81. The second-order valence-corrected chi connectivity index (χ2v) is 10.0. The van der Waals surface area contributed by atoms with E-state index in [1.165, 1.54) is 5.56 Å². The molecule has 0 N–H and O–H groups in total. The number of benzene rings is 1. The van der Waals surface area contributed by atoms with Crippen molar-refractivity contribution in [3.8, 4) is 0 Å². The summed E-state index contributed by atoms with van der Waals surface area (Å²) in [5.74, 6) is 0.702. The lowest BCUT2D eigenvalue weighted by Gasteiger charge is -2.31. The fourth-order valence-corrected chi connectivity index (χ4v) is 5.01. The number of likely N-dealkylation sites (tertiary alicyclic amines) is 1. The molecule has 1 aliphatic rings. The Balaban J connectivity index is 1.69. The standard InChI is InChI=1S/C22H33N3O3S/c1-3-29(26,27)22-23-16-21(17-24-14-11-20(12-15-24)18-28-2)25(22)13-7-10-19-8-5-4-6-9-19/h4-6,8-9,16,20H,3,7,10-15,17-18H2,1-2H3. The Hall–Kier alpha value is -1.70. The van der Waals surface area contributed by atoms with Crippen LogP contribution in [0.3, 0.4) is 0 Å². The van der Waals surface area contributed by atoms with Crippen LogP contribution in [0.25, 0.3) is 0 Å². The molecule has 1 aromatic carbocycles. The summed E-state index contributed by atoms with van der Waals surface area (Å²) in [6.45, 7) is 5.94. The van der Waals surface area contributed by atoms with Crippen molar-refractivity contribution in [1.82, 2.24) is 14.5 Å². The van der Waals surface area contributed by atoms with Crippen molar-refractivity contribution >= 4 is 9.84 Å². The number of rotatable bonds is 10.